The number of carboxylic acid groups (broad SMARTS) is 1. The number of unbranched alkanes of at least 4 members (excludes halogenated alkanes) is 2. The molecule has 0 spiro atoms. The van der Waals surface area contributed by atoms with Gasteiger partial charge in [0.05, 0.1) is 5.92 Å². The summed E-state index contributed by atoms with van der Waals surface area (Å²) in [5.41, 5.74) is 0. The Labute approximate surface area is 108 Å². The molecule has 0 radical (unpaired) electrons. The number of aliphatic carboxylic acids is 1. The van der Waals surface area contributed by atoms with Crippen LogP contribution in [0.4, 0.5) is 0 Å². The van der Waals surface area contributed by atoms with E-state index in [1.165, 1.54) is 0 Å². The minimum Gasteiger partial charge on any atom is -0.481 e. The van der Waals surface area contributed by atoms with Crippen LogP contribution in [0.1, 0.15) is 51.9 Å². The Hall–Kier alpha value is -1.06. The molecule has 4 atom stereocenters. The van der Waals surface area contributed by atoms with Crippen LogP contribution in [-0.4, -0.2) is 23.0 Å². The summed E-state index contributed by atoms with van der Waals surface area (Å²) < 4.78 is 0. The smallest absolute Gasteiger partial charge is 0.308 e. The number of carbonyl (C=O) groups excluding carboxylic acids is 1. The third kappa shape index (κ3) is 2.68. The third-order valence-electron chi connectivity index (χ3n) is 4.54. The first-order valence-electron chi connectivity index (χ1n) is 7.15. The fraction of sp³-hybridized carbons (Fsp3) is 0.857. The molecule has 2 N–H and O–H groups in total. The average molecular weight is 253 g/mol. The number of fused-ring (bicyclic) bond motifs is 2. The quantitative estimate of drug-likeness (QED) is 0.713. The van der Waals surface area contributed by atoms with E-state index in [4.69, 9.17) is 0 Å². The normalized spacial score (nSPS) is 33.6. The first kappa shape index (κ1) is 13.4. The maximum atomic E-state index is 11.8. The van der Waals surface area contributed by atoms with Gasteiger partial charge in [-0.25, -0.2) is 0 Å². The Bertz CT molecular complexity index is 329. The highest BCUT2D eigenvalue weighted by Crippen LogP contribution is 2.48. The van der Waals surface area contributed by atoms with Gasteiger partial charge in [0.15, 0.2) is 0 Å². The molecule has 2 aliphatic rings. The topological polar surface area (TPSA) is 66.4 Å². The Morgan fingerprint density at radius 2 is 1.94 bits per heavy atom. The van der Waals surface area contributed by atoms with Gasteiger partial charge in [0.25, 0.3) is 0 Å². The summed E-state index contributed by atoms with van der Waals surface area (Å²) in [7, 11) is 0. The molecule has 0 aliphatic heterocycles. The Morgan fingerprint density at radius 1 is 1.22 bits per heavy atom. The van der Waals surface area contributed by atoms with E-state index in [1.54, 1.807) is 0 Å². The van der Waals surface area contributed by atoms with Crippen molar-refractivity contribution in [2.45, 2.75) is 57.9 Å². The molecule has 0 aromatic heterocycles. The van der Waals surface area contributed by atoms with E-state index in [-0.39, 0.29) is 23.8 Å². The maximum absolute atomic E-state index is 11.8. The maximum Gasteiger partial charge on any atom is 0.308 e. The fourth-order valence-electron chi connectivity index (χ4n) is 3.65. The average Bonchev–Trinajstić information content (AvgIpc) is 2.89. The van der Waals surface area contributed by atoms with Crippen molar-refractivity contribution in [2.75, 3.05) is 0 Å². The minimum absolute atomic E-state index is 0.0345. The summed E-state index contributed by atoms with van der Waals surface area (Å²) >= 11 is 0. The Morgan fingerprint density at radius 3 is 2.61 bits per heavy atom. The first-order chi connectivity index (χ1) is 8.63. The van der Waals surface area contributed by atoms with Crippen LogP contribution in [-0.2, 0) is 9.59 Å². The third-order valence-corrected chi connectivity index (χ3v) is 4.54. The van der Waals surface area contributed by atoms with Crippen molar-refractivity contribution in [1.82, 2.24) is 5.32 Å². The molecule has 2 saturated carbocycles. The zero-order chi connectivity index (χ0) is 13.1. The van der Waals surface area contributed by atoms with Crippen molar-refractivity contribution >= 4 is 11.9 Å². The van der Waals surface area contributed by atoms with E-state index in [9.17, 15) is 14.7 Å². The van der Waals surface area contributed by atoms with E-state index >= 15 is 0 Å². The van der Waals surface area contributed by atoms with E-state index in [0.29, 0.717) is 12.3 Å². The minimum atomic E-state index is -0.735. The highest BCUT2D eigenvalue weighted by Gasteiger charge is 2.51. The molecule has 2 rings (SSSR count). The van der Waals surface area contributed by atoms with Gasteiger partial charge in [0, 0.05) is 12.5 Å². The molecule has 102 valence electrons. The van der Waals surface area contributed by atoms with Crippen molar-refractivity contribution in [3.8, 4) is 0 Å². The summed E-state index contributed by atoms with van der Waals surface area (Å²) in [6, 6.07) is -0.115. The van der Waals surface area contributed by atoms with Gasteiger partial charge in [-0.3, -0.25) is 9.59 Å². The number of nitrogens with one attached hydrogen (secondary N) is 1. The largest absolute Gasteiger partial charge is 0.481 e. The summed E-state index contributed by atoms with van der Waals surface area (Å²) in [6.07, 6.45) is 6.68. The monoisotopic (exact) mass is 253 g/mol. The molecular formula is C14H23NO3. The highest BCUT2D eigenvalue weighted by atomic mass is 16.4. The van der Waals surface area contributed by atoms with E-state index in [1.807, 2.05) is 0 Å². The number of carbonyl (C=O) groups is 2. The standard InChI is InChI=1S/C14H23NO3/c1-2-3-4-5-11(16)15-13-10-7-6-9(8-10)12(13)14(17)18/h9-10,12-13H,2-8H2,1H3,(H,15,16)(H,17,18). The lowest BCUT2D eigenvalue weighted by molar-refractivity contribution is -0.144. The van der Waals surface area contributed by atoms with Gasteiger partial charge in [-0.1, -0.05) is 19.8 Å². The molecule has 0 heterocycles. The molecule has 4 unspecified atom stereocenters. The molecule has 0 saturated heterocycles. The lowest BCUT2D eigenvalue weighted by Crippen LogP contribution is -2.46. The van der Waals surface area contributed by atoms with Gasteiger partial charge >= 0.3 is 5.97 Å². The Balaban J connectivity index is 1.87. The van der Waals surface area contributed by atoms with Gasteiger partial charge in [0.1, 0.15) is 0 Å². The summed E-state index contributed by atoms with van der Waals surface area (Å²) in [6.45, 7) is 2.11. The van der Waals surface area contributed by atoms with E-state index < -0.39 is 5.97 Å². The zero-order valence-corrected chi connectivity index (χ0v) is 11.0. The molecule has 2 bridgehead atoms. The predicted molar refractivity (Wildman–Crippen MR) is 68.0 cm³/mol. The van der Waals surface area contributed by atoms with E-state index in [2.05, 4.69) is 12.2 Å². The van der Waals surface area contributed by atoms with E-state index in [0.717, 1.165) is 38.5 Å². The van der Waals surface area contributed by atoms with Crippen LogP contribution in [0.15, 0.2) is 0 Å². The molecule has 1 amide bonds. The highest BCUT2D eigenvalue weighted by molar-refractivity contribution is 5.78. The predicted octanol–water partition coefficient (Wildman–Crippen LogP) is 2.18. The number of amides is 1. The molecule has 0 aromatic carbocycles. The van der Waals surface area contributed by atoms with Crippen LogP contribution >= 0.6 is 0 Å². The molecule has 2 aliphatic carbocycles. The lowest BCUT2D eigenvalue weighted by atomic mass is 9.84. The number of hydrogen-bond donors (Lipinski definition) is 2. The second-order valence-electron chi connectivity index (χ2n) is 5.75. The van der Waals surface area contributed by atoms with Crippen molar-refractivity contribution in [1.29, 1.82) is 0 Å². The van der Waals surface area contributed by atoms with Crippen LogP contribution in [0.5, 0.6) is 0 Å². The van der Waals surface area contributed by atoms with Gasteiger partial charge in [0.2, 0.25) is 5.91 Å². The zero-order valence-electron chi connectivity index (χ0n) is 11.0. The van der Waals surface area contributed by atoms with Gasteiger partial charge in [-0.15, -0.1) is 0 Å². The molecular weight excluding hydrogens is 230 g/mol. The fourth-order valence-corrected chi connectivity index (χ4v) is 3.65. The van der Waals surface area contributed by atoms with Gasteiger partial charge < -0.3 is 10.4 Å². The molecule has 2 fully saturated rings. The number of rotatable bonds is 6. The van der Waals surface area contributed by atoms with Crippen molar-refractivity contribution in [3.63, 3.8) is 0 Å². The van der Waals surface area contributed by atoms with Gasteiger partial charge in [-0.2, -0.15) is 0 Å². The summed E-state index contributed by atoms with van der Waals surface area (Å²) in [5, 5.41) is 12.3. The van der Waals surface area contributed by atoms with Gasteiger partial charge in [-0.05, 0) is 37.5 Å². The van der Waals surface area contributed by atoms with Crippen LogP contribution in [0.3, 0.4) is 0 Å². The van der Waals surface area contributed by atoms with Crippen molar-refractivity contribution in [2.24, 2.45) is 17.8 Å². The van der Waals surface area contributed by atoms with Crippen LogP contribution in [0.25, 0.3) is 0 Å². The van der Waals surface area contributed by atoms with Crippen molar-refractivity contribution < 1.29 is 14.7 Å². The molecule has 4 heteroatoms. The summed E-state index contributed by atoms with van der Waals surface area (Å²) in [4.78, 5) is 23.1. The number of carboxylic acids is 1. The Kier molecular flexibility index (Phi) is 4.25. The van der Waals surface area contributed by atoms with Crippen LogP contribution in [0.2, 0.25) is 0 Å². The molecule has 4 nitrogen and oxygen atoms in total. The van der Waals surface area contributed by atoms with Crippen molar-refractivity contribution in [3.05, 3.63) is 0 Å². The lowest BCUT2D eigenvalue weighted by Gasteiger charge is -2.28. The van der Waals surface area contributed by atoms with Crippen LogP contribution in [0, 0.1) is 17.8 Å². The SMILES string of the molecule is CCCCCC(=O)NC1C2CCC(C2)C1C(=O)O. The summed E-state index contributed by atoms with van der Waals surface area (Å²) in [5.74, 6) is -0.369. The first-order valence-corrected chi connectivity index (χ1v) is 7.15. The molecule has 0 aromatic rings. The van der Waals surface area contributed by atoms with Crippen LogP contribution < -0.4 is 5.32 Å². The second kappa shape index (κ2) is 5.72. The molecule has 18 heavy (non-hydrogen) atoms. The second-order valence-corrected chi connectivity index (χ2v) is 5.75. The number of hydrogen-bond acceptors (Lipinski definition) is 2.